The Hall–Kier alpha value is -5.23. The minimum Gasteiger partial charge on any atom is -0.462 e. The highest BCUT2D eigenvalue weighted by Crippen LogP contribution is 2.13. The van der Waals surface area contributed by atoms with E-state index in [1.54, 1.807) is 0 Å². The number of hydrogen-bond acceptors (Lipinski definition) is 6. The molecule has 6 heteroatoms. The third kappa shape index (κ3) is 61.6. The molecule has 0 spiro atoms. The lowest BCUT2D eigenvalue weighted by Crippen LogP contribution is -2.30. The minimum atomic E-state index is -0.818. The maximum absolute atomic E-state index is 12.9. The zero-order valence-electron chi connectivity index (χ0n) is 49.9. The molecule has 0 aliphatic heterocycles. The molecule has 0 fully saturated rings. The number of esters is 3. The van der Waals surface area contributed by atoms with Gasteiger partial charge in [-0.15, -0.1) is 0 Å². The molecule has 0 bridgehead atoms. The average Bonchev–Trinajstić information content (AvgIpc) is 3.44. The Bertz CT molecular complexity index is 1810. The monoisotopic (exact) mass is 1070 g/mol. The van der Waals surface area contributed by atoms with Crippen LogP contribution in [-0.2, 0) is 28.6 Å². The molecule has 0 aliphatic carbocycles. The second kappa shape index (κ2) is 64.3. The highest BCUT2D eigenvalue weighted by Gasteiger charge is 2.19. The van der Waals surface area contributed by atoms with Crippen LogP contribution in [0.3, 0.4) is 0 Å². The van der Waals surface area contributed by atoms with Gasteiger partial charge < -0.3 is 14.2 Å². The first-order chi connectivity index (χ1) is 38.5. The molecule has 0 rings (SSSR count). The fraction of sp³-hybridized carbons (Fsp3) is 0.569. The third-order valence-electron chi connectivity index (χ3n) is 12.4. The van der Waals surface area contributed by atoms with Crippen molar-refractivity contribution >= 4 is 17.9 Å². The molecule has 0 saturated carbocycles. The fourth-order valence-electron chi connectivity index (χ4n) is 7.84. The summed E-state index contributed by atoms with van der Waals surface area (Å²) in [5.41, 5.74) is 0. The normalized spacial score (nSPS) is 13.3. The van der Waals surface area contributed by atoms with Crippen LogP contribution in [0.15, 0.2) is 170 Å². The molecule has 0 aliphatic rings. The summed E-state index contributed by atoms with van der Waals surface area (Å²) in [7, 11) is 0. The summed E-state index contributed by atoms with van der Waals surface area (Å²) in [6, 6.07) is 0. The van der Waals surface area contributed by atoms with Crippen LogP contribution in [0, 0.1) is 0 Å². The van der Waals surface area contributed by atoms with Gasteiger partial charge in [-0.25, -0.2) is 0 Å². The Kier molecular flexibility index (Phi) is 60.0. The number of carbonyl (C=O) groups is 3. The highest BCUT2D eigenvalue weighted by molar-refractivity contribution is 5.71. The van der Waals surface area contributed by atoms with Crippen LogP contribution in [0.5, 0.6) is 0 Å². The molecule has 0 aromatic heterocycles. The molecule has 0 aromatic rings. The molecule has 0 heterocycles. The molecule has 1 atom stereocenters. The number of unbranched alkanes of at least 4 members (excludes halogenated alkanes) is 15. The lowest BCUT2D eigenvalue weighted by Gasteiger charge is -2.18. The van der Waals surface area contributed by atoms with Crippen molar-refractivity contribution in [1.29, 1.82) is 0 Å². The van der Waals surface area contributed by atoms with E-state index in [9.17, 15) is 14.4 Å². The number of carbonyl (C=O) groups excluding carboxylic acids is 3. The van der Waals surface area contributed by atoms with Crippen LogP contribution in [0.4, 0.5) is 0 Å². The van der Waals surface area contributed by atoms with Crippen molar-refractivity contribution in [2.45, 2.75) is 252 Å². The molecule has 0 amide bonds. The van der Waals surface area contributed by atoms with E-state index >= 15 is 0 Å². The molecule has 78 heavy (non-hydrogen) atoms. The molecule has 0 radical (unpaired) electrons. The zero-order chi connectivity index (χ0) is 56.4. The molecule has 436 valence electrons. The summed E-state index contributed by atoms with van der Waals surface area (Å²) < 4.78 is 16.8. The van der Waals surface area contributed by atoms with E-state index in [-0.39, 0.29) is 37.5 Å². The van der Waals surface area contributed by atoms with E-state index < -0.39 is 6.10 Å². The maximum atomic E-state index is 12.9. The molecule has 0 saturated heterocycles. The molecule has 0 N–H and O–H groups in total. The van der Waals surface area contributed by atoms with Crippen LogP contribution < -0.4 is 0 Å². The first kappa shape index (κ1) is 72.8. The maximum Gasteiger partial charge on any atom is 0.306 e. The SMILES string of the molecule is CC/C=C\C/C=C\C/C=C\C/C=C\C/C=C\C/C=C\C/C=C\CCCCCCCCCC(=O)OCC(COC(=O)CCCCCCC/C=C\CCC)OC(=O)CCCC/C=C\C/C=C\C/C=C\C/C=C\C/C=C\C/C=C\CC. The van der Waals surface area contributed by atoms with Gasteiger partial charge in [-0.1, -0.05) is 249 Å². The first-order valence-corrected chi connectivity index (χ1v) is 31.1. The van der Waals surface area contributed by atoms with Gasteiger partial charge in [-0.2, -0.15) is 0 Å². The van der Waals surface area contributed by atoms with Gasteiger partial charge in [0.15, 0.2) is 6.10 Å². The van der Waals surface area contributed by atoms with Gasteiger partial charge in [0.1, 0.15) is 13.2 Å². The van der Waals surface area contributed by atoms with Crippen LogP contribution in [0.1, 0.15) is 245 Å². The van der Waals surface area contributed by atoms with Gasteiger partial charge in [0, 0.05) is 19.3 Å². The average molecular weight is 1070 g/mol. The van der Waals surface area contributed by atoms with E-state index in [2.05, 4.69) is 191 Å². The van der Waals surface area contributed by atoms with Crippen molar-refractivity contribution < 1.29 is 28.6 Å². The van der Waals surface area contributed by atoms with Crippen molar-refractivity contribution in [3.63, 3.8) is 0 Å². The number of hydrogen-bond donors (Lipinski definition) is 0. The van der Waals surface area contributed by atoms with Gasteiger partial charge in [0.25, 0.3) is 0 Å². The predicted molar refractivity (Wildman–Crippen MR) is 338 cm³/mol. The minimum absolute atomic E-state index is 0.111. The van der Waals surface area contributed by atoms with E-state index in [4.69, 9.17) is 14.2 Å². The topological polar surface area (TPSA) is 78.9 Å². The molecule has 1 unspecified atom stereocenters. The van der Waals surface area contributed by atoms with E-state index in [0.29, 0.717) is 19.3 Å². The Morgan fingerprint density at radius 1 is 0.269 bits per heavy atom. The van der Waals surface area contributed by atoms with Crippen LogP contribution in [0.2, 0.25) is 0 Å². The second-order valence-corrected chi connectivity index (χ2v) is 19.8. The molecular formula is C72H112O6. The van der Waals surface area contributed by atoms with Crippen molar-refractivity contribution in [1.82, 2.24) is 0 Å². The predicted octanol–water partition coefficient (Wildman–Crippen LogP) is 21.5. The molecular weight excluding hydrogens is 961 g/mol. The Labute approximate surface area is 479 Å². The lowest BCUT2D eigenvalue weighted by atomic mass is 10.1. The van der Waals surface area contributed by atoms with Crippen LogP contribution >= 0.6 is 0 Å². The fourth-order valence-corrected chi connectivity index (χ4v) is 7.84. The van der Waals surface area contributed by atoms with Crippen LogP contribution in [-0.4, -0.2) is 37.2 Å². The third-order valence-corrected chi connectivity index (χ3v) is 12.4. The quantitative estimate of drug-likeness (QED) is 0.0261. The standard InChI is InChI=1S/C72H112O6/c1-4-7-10-13-16-19-22-24-26-28-30-32-33-34-35-36-37-38-39-41-42-44-46-48-50-53-56-59-62-65-71(74)77-68-69(67-76-70(73)64-61-58-55-52-21-18-15-12-9-6-3)78-72(75)66-63-60-57-54-51-49-47-45-43-40-31-29-27-25-23-20-17-14-11-8-5-2/h7-8,10-12,15-17,19-20,24-27,30-32,34-35,37-38,40-42,45,47,51,54,69H,4-6,9,13-14,18,21-23,28-29,33,36,39,43-44,46,48-50,52-53,55-68H2,1-3H3/b10-7-,11-8-,15-12-,19-16-,20-17-,26-24-,27-25-,32-30-,35-34-,38-37-,40-31-,42-41-,47-45-,54-51-. The summed E-state index contributed by atoms with van der Waals surface area (Å²) in [6.45, 7) is 6.28. The molecule has 0 aromatic carbocycles. The van der Waals surface area contributed by atoms with Crippen molar-refractivity contribution in [2.24, 2.45) is 0 Å². The van der Waals surface area contributed by atoms with Gasteiger partial charge in [0.2, 0.25) is 0 Å². The zero-order valence-corrected chi connectivity index (χ0v) is 49.9. The van der Waals surface area contributed by atoms with Gasteiger partial charge in [0.05, 0.1) is 0 Å². The largest absolute Gasteiger partial charge is 0.462 e. The Morgan fingerprint density at radius 2 is 0.500 bits per heavy atom. The summed E-state index contributed by atoms with van der Waals surface area (Å²) in [5.74, 6) is -0.985. The van der Waals surface area contributed by atoms with E-state index in [1.807, 2.05) is 0 Å². The number of allylic oxidation sites excluding steroid dienone is 28. The number of rotatable bonds is 54. The summed E-state index contributed by atoms with van der Waals surface area (Å²) in [6.07, 6.45) is 95.0. The highest BCUT2D eigenvalue weighted by atomic mass is 16.6. The Morgan fingerprint density at radius 3 is 0.821 bits per heavy atom. The van der Waals surface area contributed by atoms with E-state index in [1.165, 1.54) is 38.5 Å². The van der Waals surface area contributed by atoms with Gasteiger partial charge >= 0.3 is 17.9 Å². The summed E-state index contributed by atoms with van der Waals surface area (Å²) in [5, 5.41) is 0. The summed E-state index contributed by atoms with van der Waals surface area (Å²) >= 11 is 0. The molecule has 6 nitrogen and oxygen atoms in total. The van der Waals surface area contributed by atoms with Crippen molar-refractivity contribution in [3.8, 4) is 0 Å². The van der Waals surface area contributed by atoms with E-state index in [0.717, 1.165) is 161 Å². The summed E-state index contributed by atoms with van der Waals surface area (Å²) in [4.78, 5) is 38.2. The van der Waals surface area contributed by atoms with Crippen molar-refractivity contribution in [2.75, 3.05) is 13.2 Å². The lowest BCUT2D eigenvalue weighted by molar-refractivity contribution is -0.167. The van der Waals surface area contributed by atoms with Gasteiger partial charge in [-0.3, -0.25) is 14.4 Å². The Balaban J connectivity index is 4.39. The smallest absolute Gasteiger partial charge is 0.306 e. The first-order valence-electron chi connectivity index (χ1n) is 31.1. The number of ether oxygens (including phenoxy) is 3. The second-order valence-electron chi connectivity index (χ2n) is 19.8. The van der Waals surface area contributed by atoms with Gasteiger partial charge in [-0.05, 0) is 148 Å². The van der Waals surface area contributed by atoms with Crippen molar-refractivity contribution in [3.05, 3.63) is 170 Å². The van der Waals surface area contributed by atoms with Crippen LogP contribution in [0.25, 0.3) is 0 Å².